The number of aliphatic hydroxyl groups is 1. The van der Waals surface area contributed by atoms with E-state index >= 15 is 0 Å². The first-order chi connectivity index (χ1) is 17.2. The number of ether oxygens (including phenoxy) is 1. The fourth-order valence-electron chi connectivity index (χ4n) is 4.09. The lowest BCUT2D eigenvalue weighted by atomic mass is 10.1. The Kier molecular flexibility index (Phi) is 8.45. The van der Waals surface area contributed by atoms with Crippen molar-refractivity contribution in [3.63, 3.8) is 0 Å². The molecule has 1 atom stereocenters. The second-order valence-electron chi connectivity index (χ2n) is 8.80. The first kappa shape index (κ1) is 26.3. The monoisotopic (exact) mass is 522 g/mol. The van der Waals surface area contributed by atoms with Crippen LogP contribution in [-0.4, -0.2) is 84.3 Å². The Morgan fingerprint density at radius 3 is 2.53 bits per heavy atom. The molecule has 0 radical (unpaired) electrons. The summed E-state index contributed by atoms with van der Waals surface area (Å²) in [7, 11) is 0. The second kappa shape index (κ2) is 11.5. The first-order valence-corrected chi connectivity index (χ1v) is 12.6. The van der Waals surface area contributed by atoms with E-state index in [2.05, 4.69) is 20.1 Å². The maximum Gasteiger partial charge on any atom is 0.416 e. The van der Waals surface area contributed by atoms with E-state index < -0.39 is 23.8 Å². The highest BCUT2D eigenvalue weighted by atomic mass is 32.1. The van der Waals surface area contributed by atoms with E-state index in [0.29, 0.717) is 25.4 Å². The molecule has 1 aliphatic heterocycles. The number of nitrogens with one attached hydrogen (secondary N) is 1. The molecular formula is C25H29F3N4O3S. The Morgan fingerprint density at radius 1 is 1.14 bits per heavy atom. The number of aromatic nitrogens is 1. The lowest BCUT2D eigenvalue weighted by Gasteiger charge is -2.35. The Hall–Kier alpha value is -2.73. The Labute approximate surface area is 211 Å². The highest BCUT2D eigenvalue weighted by Gasteiger charge is 2.30. The average Bonchev–Trinajstić information content (AvgIpc) is 3.22. The summed E-state index contributed by atoms with van der Waals surface area (Å²) >= 11 is 1.63. The van der Waals surface area contributed by atoms with Crippen LogP contribution < -0.4 is 10.1 Å². The molecule has 2 heterocycles. The van der Waals surface area contributed by atoms with E-state index in [1.165, 1.54) is 12.1 Å². The predicted octanol–water partition coefficient (Wildman–Crippen LogP) is 3.41. The van der Waals surface area contributed by atoms with Gasteiger partial charge in [0, 0.05) is 57.4 Å². The zero-order valence-electron chi connectivity index (χ0n) is 19.9. The molecule has 0 spiro atoms. The molecule has 0 unspecified atom stereocenters. The predicted molar refractivity (Wildman–Crippen MR) is 133 cm³/mol. The number of benzene rings is 2. The topological polar surface area (TPSA) is 77.9 Å². The highest BCUT2D eigenvalue weighted by molar-refractivity contribution is 7.18. The first-order valence-electron chi connectivity index (χ1n) is 11.8. The molecule has 0 aliphatic carbocycles. The van der Waals surface area contributed by atoms with Crippen molar-refractivity contribution in [3.8, 4) is 5.75 Å². The van der Waals surface area contributed by atoms with Gasteiger partial charge >= 0.3 is 6.18 Å². The van der Waals surface area contributed by atoms with Gasteiger partial charge in [0.25, 0.3) is 5.91 Å². The van der Waals surface area contributed by atoms with E-state index in [9.17, 15) is 23.1 Å². The van der Waals surface area contributed by atoms with Crippen molar-refractivity contribution < 1.29 is 27.8 Å². The number of β-amino-alcohol motifs (C(OH)–C–C–N with tert-alkyl or cyclic N) is 1. The molecule has 2 aromatic carbocycles. The van der Waals surface area contributed by atoms with Gasteiger partial charge in [-0.2, -0.15) is 13.2 Å². The number of halogens is 3. The smallest absolute Gasteiger partial charge is 0.416 e. The summed E-state index contributed by atoms with van der Waals surface area (Å²) in [6.07, 6.45) is -5.04. The minimum atomic E-state index is -4.42. The summed E-state index contributed by atoms with van der Waals surface area (Å²) in [6.45, 7) is 6.88. The van der Waals surface area contributed by atoms with Crippen molar-refractivity contribution in [3.05, 3.63) is 58.6 Å². The van der Waals surface area contributed by atoms with E-state index in [1.54, 1.807) is 11.3 Å². The molecule has 2 N–H and O–H groups in total. The quantitative estimate of drug-likeness (QED) is 0.449. The zero-order chi connectivity index (χ0) is 25.7. The van der Waals surface area contributed by atoms with Crippen molar-refractivity contribution in [2.45, 2.75) is 19.2 Å². The lowest BCUT2D eigenvalue weighted by molar-refractivity contribution is -0.137. The molecule has 1 aromatic heterocycles. The number of aryl methyl sites for hydroxylation is 1. The normalized spacial score (nSPS) is 16.2. The van der Waals surface area contributed by atoms with Gasteiger partial charge in [-0.25, -0.2) is 4.98 Å². The van der Waals surface area contributed by atoms with Gasteiger partial charge in [-0.1, -0.05) is 0 Å². The Morgan fingerprint density at radius 2 is 1.83 bits per heavy atom. The van der Waals surface area contributed by atoms with Crippen LogP contribution in [0.1, 0.15) is 20.9 Å². The number of hydrogen-bond acceptors (Lipinski definition) is 7. The molecule has 1 aliphatic rings. The van der Waals surface area contributed by atoms with Gasteiger partial charge in [-0.05, 0) is 43.3 Å². The van der Waals surface area contributed by atoms with Gasteiger partial charge in [-0.3, -0.25) is 14.6 Å². The molecule has 3 aromatic rings. The third-order valence-electron chi connectivity index (χ3n) is 6.03. The summed E-state index contributed by atoms with van der Waals surface area (Å²) in [4.78, 5) is 21.0. The zero-order valence-corrected chi connectivity index (χ0v) is 20.7. The van der Waals surface area contributed by atoms with Gasteiger partial charge < -0.3 is 15.2 Å². The molecule has 1 fully saturated rings. The number of carbonyl (C=O) groups excluding carboxylic acids is 1. The summed E-state index contributed by atoms with van der Waals surface area (Å²) in [5, 5.41) is 14.2. The van der Waals surface area contributed by atoms with Gasteiger partial charge in [0.05, 0.1) is 20.8 Å². The number of amides is 1. The third-order valence-corrected chi connectivity index (χ3v) is 6.98. The molecule has 194 valence electrons. The minimum absolute atomic E-state index is 0.199. The van der Waals surface area contributed by atoms with Crippen molar-refractivity contribution >= 4 is 27.5 Å². The maximum atomic E-state index is 12.7. The third kappa shape index (κ3) is 7.16. The van der Waals surface area contributed by atoms with Gasteiger partial charge in [0.1, 0.15) is 18.5 Å². The fourth-order valence-corrected chi connectivity index (χ4v) is 4.90. The fraction of sp³-hybridized carbons (Fsp3) is 0.440. The van der Waals surface area contributed by atoms with Gasteiger partial charge in [0.2, 0.25) is 0 Å². The van der Waals surface area contributed by atoms with Crippen LogP contribution in [-0.2, 0) is 6.18 Å². The van der Waals surface area contributed by atoms with Crippen LogP contribution in [0.3, 0.4) is 0 Å². The highest BCUT2D eigenvalue weighted by Crippen LogP contribution is 2.29. The number of thiazole rings is 1. The molecule has 11 heteroatoms. The summed E-state index contributed by atoms with van der Waals surface area (Å²) in [5.74, 6) is 0.296. The second-order valence-corrected chi connectivity index (χ2v) is 10.0. The van der Waals surface area contributed by atoms with Crippen molar-refractivity contribution in [2.24, 2.45) is 0 Å². The Bertz CT molecular complexity index is 1160. The van der Waals surface area contributed by atoms with Crippen LogP contribution in [0.4, 0.5) is 13.2 Å². The van der Waals surface area contributed by atoms with Crippen molar-refractivity contribution in [1.82, 2.24) is 20.1 Å². The molecule has 36 heavy (non-hydrogen) atoms. The van der Waals surface area contributed by atoms with E-state index in [0.717, 1.165) is 53.5 Å². The maximum absolute atomic E-state index is 12.7. The molecule has 1 saturated heterocycles. The average molecular weight is 523 g/mol. The van der Waals surface area contributed by atoms with E-state index in [4.69, 9.17) is 4.74 Å². The van der Waals surface area contributed by atoms with Crippen LogP contribution in [0.15, 0.2) is 42.5 Å². The molecular weight excluding hydrogens is 493 g/mol. The largest absolute Gasteiger partial charge is 0.491 e. The van der Waals surface area contributed by atoms with Crippen molar-refractivity contribution in [2.75, 3.05) is 52.4 Å². The molecule has 4 rings (SSSR count). The molecule has 0 saturated carbocycles. The van der Waals surface area contributed by atoms with Crippen molar-refractivity contribution in [1.29, 1.82) is 0 Å². The number of piperazine rings is 1. The molecule has 0 bridgehead atoms. The SMILES string of the molecule is Cc1nc2cc(OC[C@H](O)CN3CCN(CCNC(=O)c4ccc(C(F)(F)F)cc4)CC3)ccc2s1. The van der Waals surface area contributed by atoms with E-state index in [1.807, 2.05) is 25.1 Å². The summed E-state index contributed by atoms with van der Waals surface area (Å²) in [5.41, 5.74) is 0.322. The van der Waals surface area contributed by atoms with Crippen LogP contribution in [0.25, 0.3) is 10.2 Å². The number of carbonyl (C=O) groups is 1. The summed E-state index contributed by atoms with van der Waals surface area (Å²) in [6, 6.07) is 9.95. The van der Waals surface area contributed by atoms with Gasteiger partial charge in [-0.15, -0.1) is 11.3 Å². The lowest BCUT2D eigenvalue weighted by Crippen LogP contribution is -2.50. The number of hydrogen-bond donors (Lipinski definition) is 2. The number of nitrogens with zero attached hydrogens (tertiary/aromatic N) is 3. The Balaban J connectivity index is 1.12. The van der Waals surface area contributed by atoms with Crippen LogP contribution in [0.5, 0.6) is 5.75 Å². The van der Waals surface area contributed by atoms with Gasteiger partial charge in [0.15, 0.2) is 0 Å². The molecule has 7 nitrogen and oxygen atoms in total. The minimum Gasteiger partial charge on any atom is -0.491 e. The number of rotatable bonds is 9. The van der Waals surface area contributed by atoms with Crippen LogP contribution >= 0.6 is 11.3 Å². The summed E-state index contributed by atoms with van der Waals surface area (Å²) < 4.78 is 44.8. The number of alkyl halides is 3. The van der Waals surface area contributed by atoms with Crippen LogP contribution in [0.2, 0.25) is 0 Å². The number of aliphatic hydroxyl groups excluding tert-OH is 1. The molecule has 1 amide bonds. The van der Waals surface area contributed by atoms with Crippen LogP contribution in [0, 0.1) is 6.92 Å². The standard InChI is InChI=1S/C25H29F3N4O3S/c1-17-30-22-14-21(6-7-23(22)36-17)35-16-20(33)15-32-12-10-31(11-13-32)9-8-29-24(34)18-2-4-19(5-3-18)25(26,27)28/h2-7,14,20,33H,8-13,15-16H2,1H3,(H,29,34)/t20-/m1/s1. The van der Waals surface area contributed by atoms with E-state index in [-0.39, 0.29) is 12.2 Å². The number of fused-ring (bicyclic) bond motifs is 1.